The number of alkyl halides is 3. The zero-order chi connectivity index (χ0) is 16.2. The number of amides is 1. The van der Waals surface area contributed by atoms with Gasteiger partial charge in [-0.2, -0.15) is 13.2 Å². The van der Waals surface area contributed by atoms with Gasteiger partial charge in [-0.3, -0.25) is 4.79 Å². The number of ether oxygens (including phenoxy) is 2. The zero-order valence-electron chi connectivity index (χ0n) is 11.6. The van der Waals surface area contributed by atoms with E-state index >= 15 is 0 Å². The smallest absolute Gasteiger partial charge is 0.420 e. The Morgan fingerprint density at radius 3 is 2.68 bits per heavy atom. The van der Waals surface area contributed by atoms with Gasteiger partial charge in [0.2, 0.25) is 0 Å². The van der Waals surface area contributed by atoms with Gasteiger partial charge in [-0.05, 0) is 31.0 Å². The number of carbonyl (C=O) groups is 1. The molecule has 4 nitrogen and oxygen atoms in total. The molecule has 0 bridgehead atoms. The average Bonchev–Trinajstić information content (AvgIpc) is 2.46. The van der Waals surface area contributed by atoms with Crippen LogP contribution in [0.15, 0.2) is 18.2 Å². The lowest BCUT2D eigenvalue weighted by atomic mass is 10.1. The van der Waals surface area contributed by atoms with E-state index in [1.165, 1.54) is 6.07 Å². The second kappa shape index (κ2) is 7.19. The number of rotatable bonds is 4. The van der Waals surface area contributed by atoms with Crippen molar-refractivity contribution in [2.24, 2.45) is 0 Å². The van der Waals surface area contributed by atoms with Crippen LogP contribution in [0.3, 0.4) is 0 Å². The molecular weight excluding hydrogens is 323 g/mol. The average molecular weight is 338 g/mol. The molecule has 0 aromatic heterocycles. The summed E-state index contributed by atoms with van der Waals surface area (Å²) in [4.78, 5) is 11.7. The summed E-state index contributed by atoms with van der Waals surface area (Å²) < 4.78 is 48.8. The third-order valence-corrected chi connectivity index (χ3v) is 3.43. The Balaban J connectivity index is 1.94. The standard InChI is InChI=1S/C14H15ClF3NO3/c15-9-1-2-12(11(7-9)14(16,17)18)22-8-13(20)19-10-3-5-21-6-4-10/h1-2,7,10H,3-6,8H2,(H,19,20). The van der Waals surface area contributed by atoms with Crippen LogP contribution in [-0.2, 0) is 15.7 Å². The highest BCUT2D eigenvalue weighted by Crippen LogP contribution is 2.37. The molecule has 0 saturated carbocycles. The molecule has 22 heavy (non-hydrogen) atoms. The number of hydrogen-bond acceptors (Lipinski definition) is 3. The fourth-order valence-electron chi connectivity index (χ4n) is 2.10. The molecule has 0 radical (unpaired) electrons. The minimum absolute atomic E-state index is 0.0304. The van der Waals surface area contributed by atoms with E-state index in [2.05, 4.69) is 5.32 Å². The molecule has 1 N–H and O–H groups in total. The Bertz CT molecular complexity index is 531. The Kier molecular flexibility index (Phi) is 5.52. The maximum atomic E-state index is 12.9. The highest BCUT2D eigenvalue weighted by Gasteiger charge is 2.34. The van der Waals surface area contributed by atoms with E-state index in [-0.39, 0.29) is 11.1 Å². The Morgan fingerprint density at radius 2 is 2.05 bits per heavy atom. The van der Waals surface area contributed by atoms with Gasteiger partial charge in [0.25, 0.3) is 5.91 Å². The van der Waals surface area contributed by atoms with Crippen molar-refractivity contribution >= 4 is 17.5 Å². The lowest BCUT2D eigenvalue weighted by Gasteiger charge is -2.23. The minimum Gasteiger partial charge on any atom is -0.483 e. The van der Waals surface area contributed by atoms with E-state index in [9.17, 15) is 18.0 Å². The first-order chi connectivity index (χ1) is 10.4. The molecule has 2 rings (SSSR count). The van der Waals surface area contributed by atoms with E-state index in [4.69, 9.17) is 21.1 Å². The molecular formula is C14H15ClF3NO3. The number of halogens is 4. The summed E-state index contributed by atoms with van der Waals surface area (Å²) in [7, 11) is 0. The molecule has 1 aliphatic rings. The summed E-state index contributed by atoms with van der Waals surface area (Å²) in [6, 6.07) is 3.13. The Hall–Kier alpha value is -1.47. The summed E-state index contributed by atoms with van der Waals surface area (Å²) >= 11 is 5.57. The zero-order valence-corrected chi connectivity index (χ0v) is 12.3. The highest BCUT2D eigenvalue weighted by molar-refractivity contribution is 6.30. The van der Waals surface area contributed by atoms with Gasteiger partial charge in [0.05, 0.1) is 5.56 Å². The molecule has 8 heteroatoms. The molecule has 1 amide bonds. The number of hydrogen-bond donors (Lipinski definition) is 1. The van der Waals surface area contributed by atoms with Crippen LogP contribution in [-0.4, -0.2) is 31.8 Å². The van der Waals surface area contributed by atoms with Crippen molar-refractivity contribution in [1.82, 2.24) is 5.32 Å². The van der Waals surface area contributed by atoms with Crippen molar-refractivity contribution < 1.29 is 27.4 Å². The van der Waals surface area contributed by atoms with Crippen molar-refractivity contribution in [3.05, 3.63) is 28.8 Å². The van der Waals surface area contributed by atoms with Crippen molar-refractivity contribution in [2.75, 3.05) is 19.8 Å². The molecule has 1 saturated heterocycles. The lowest BCUT2D eigenvalue weighted by molar-refractivity contribution is -0.139. The highest BCUT2D eigenvalue weighted by atomic mass is 35.5. The van der Waals surface area contributed by atoms with E-state index in [1.54, 1.807) is 0 Å². The van der Waals surface area contributed by atoms with Gasteiger partial charge < -0.3 is 14.8 Å². The van der Waals surface area contributed by atoms with Crippen LogP contribution in [0.5, 0.6) is 5.75 Å². The summed E-state index contributed by atoms with van der Waals surface area (Å²) in [5, 5.41) is 2.66. The predicted molar refractivity (Wildman–Crippen MR) is 73.9 cm³/mol. The van der Waals surface area contributed by atoms with Crippen molar-refractivity contribution in [3.63, 3.8) is 0 Å². The van der Waals surface area contributed by atoms with Crippen LogP contribution >= 0.6 is 11.6 Å². The first-order valence-corrected chi connectivity index (χ1v) is 7.10. The molecule has 1 heterocycles. The van der Waals surface area contributed by atoms with Gasteiger partial charge in [-0.15, -0.1) is 0 Å². The third-order valence-electron chi connectivity index (χ3n) is 3.19. The molecule has 0 aliphatic carbocycles. The van der Waals surface area contributed by atoms with Crippen LogP contribution < -0.4 is 10.1 Å². The predicted octanol–water partition coefficient (Wildman–Crippen LogP) is 3.03. The monoisotopic (exact) mass is 337 g/mol. The van der Waals surface area contributed by atoms with Crippen molar-refractivity contribution in [1.29, 1.82) is 0 Å². The normalized spacial score (nSPS) is 16.4. The lowest BCUT2D eigenvalue weighted by Crippen LogP contribution is -2.41. The first kappa shape index (κ1) is 16.9. The molecule has 1 fully saturated rings. The molecule has 1 aliphatic heterocycles. The maximum Gasteiger partial charge on any atom is 0.420 e. The topological polar surface area (TPSA) is 47.6 Å². The van der Waals surface area contributed by atoms with Crippen LogP contribution in [0.4, 0.5) is 13.2 Å². The molecule has 0 atom stereocenters. The largest absolute Gasteiger partial charge is 0.483 e. The Labute approximate surface area is 130 Å². The van der Waals surface area contributed by atoms with Crippen LogP contribution in [0.1, 0.15) is 18.4 Å². The SMILES string of the molecule is O=C(COc1ccc(Cl)cc1C(F)(F)F)NC1CCOCC1. The molecule has 0 unspecified atom stereocenters. The van der Waals surface area contributed by atoms with Gasteiger partial charge >= 0.3 is 6.18 Å². The second-order valence-electron chi connectivity index (χ2n) is 4.88. The first-order valence-electron chi connectivity index (χ1n) is 6.73. The second-order valence-corrected chi connectivity index (χ2v) is 5.32. The van der Waals surface area contributed by atoms with E-state index in [0.29, 0.717) is 26.1 Å². The maximum absolute atomic E-state index is 12.9. The third kappa shape index (κ3) is 4.78. The quantitative estimate of drug-likeness (QED) is 0.918. The van der Waals surface area contributed by atoms with Crippen LogP contribution in [0.25, 0.3) is 0 Å². The molecule has 1 aromatic rings. The Morgan fingerprint density at radius 1 is 1.36 bits per heavy atom. The number of nitrogens with one attached hydrogen (secondary N) is 1. The van der Waals surface area contributed by atoms with Gasteiger partial charge in [0.1, 0.15) is 5.75 Å². The van der Waals surface area contributed by atoms with E-state index in [0.717, 1.165) is 12.1 Å². The number of carbonyl (C=O) groups excluding carboxylic acids is 1. The molecule has 122 valence electrons. The van der Waals surface area contributed by atoms with Gasteiger partial charge in [0, 0.05) is 24.3 Å². The van der Waals surface area contributed by atoms with Crippen molar-refractivity contribution in [2.45, 2.75) is 25.1 Å². The summed E-state index contributed by atoms with van der Waals surface area (Å²) in [5.41, 5.74) is -1.00. The van der Waals surface area contributed by atoms with Gasteiger partial charge in [0.15, 0.2) is 6.61 Å². The van der Waals surface area contributed by atoms with Crippen molar-refractivity contribution in [3.8, 4) is 5.75 Å². The summed E-state index contributed by atoms with van der Waals surface area (Å²) in [6.07, 6.45) is -3.24. The number of benzene rings is 1. The van der Waals surface area contributed by atoms with Crippen LogP contribution in [0, 0.1) is 0 Å². The van der Waals surface area contributed by atoms with Gasteiger partial charge in [-0.25, -0.2) is 0 Å². The minimum atomic E-state index is -4.60. The fraction of sp³-hybridized carbons (Fsp3) is 0.500. The summed E-state index contributed by atoms with van der Waals surface area (Å²) in [5.74, 6) is -0.881. The summed E-state index contributed by atoms with van der Waals surface area (Å²) in [6.45, 7) is 0.629. The fourth-order valence-corrected chi connectivity index (χ4v) is 2.28. The van der Waals surface area contributed by atoms with E-state index in [1.807, 2.05) is 0 Å². The molecule has 1 aromatic carbocycles. The molecule has 0 spiro atoms. The van der Waals surface area contributed by atoms with Gasteiger partial charge in [-0.1, -0.05) is 11.6 Å². The van der Waals surface area contributed by atoms with Crippen LogP contribution in [0.2, 0.25) is 5.02 Å². The van der Waals surface area contributed by atoms with E-state index < -0.39 is 30.0 Å².